The van der Waals surface area contributed by atoms with Crippen LogP contribution in [0.2, 0.25) is 0 Å². The molecular formula is C27H30F2N6O5S. The average molecular weight is 589 g/mol. The summed E-state index contributed by atoms with van der Waals surface area (Å²) in [6.45, 7) is 5.90. The second kappa shape index (κ2) is 11.2. The molecule has 2 saturated heterocycles. The van der Waals surface area contributed by atoms with Gasteiger partial charge in [-0.3, -0.25) is 14.7 Å². The van der Waals surface area contributed by atoms with E-state index < -0.39 is 41.7 Å². The number of nitrogens with one attached hydrogen (secondary N) is 1. The van der Waals surface area contributed by atoms with E-state index >= 15 is 0 Å². The second-order valence-corrected chi connectivity index (χ2v) is 11.2. The van der Waals surface area contributed by atoms with E-state index in [0.29, 0.717) is 23.1 Å². The Hall–Kier alpha value is -3.91. The number of aromatic nitrogens is 1. The van der Waals surface area contributed by atoms with Gasteiger partial charge in [0.1, 0.15) is 12.1 Å². The molecule has 2 N–H and O–H groups in total. The number of carboxylic acid groups (broad SMARTS) is 1. The van der Waals surface area contributed by atoms with Crippen molar-refractivity contribution in [3.8, 4) is 0 Å². The zero-order chi connectivity index (χ0) is 29.6. The number of aliphatic carboxylic acids is 1. The first-order chi connectivity index (χ1) is 19.5. The van der Waals surface area contributed by atoms with Crippen molar-refractivity contribution in [2.24, 2.45) is 4.99 Å². The Bertz CT molecular complexity index is 1450. The minimum Gasteiger partial charge on any atom is -0.480 e. The Morgan fingerprint density at radius 2 is 2.02 bits per heavy atom. The number of carboxylic acids is 1. The molecule has 3 aliphatic heterocycles. The molecule has 2 amide bonds. The third-order valence-electron chi connectivity index (χ3n) is 7.74. The number of amides is 2. The molecule has 5 rings (SSSR count). The first kappa shape index (κ1) is 28.6. The van der Waals surface area contributed by atoms with Gasteiger partial charge < -0.3 is 25.0 Å². The molecule has 11 nitrogen and oxygen atoms in total. The predicted octanol–water partition coefficient (Wildman–Crippen LogP) is 2.53. The van der Waals surface area contributed by atoms with Gasteiger partial charge in [0.2, 0.25) is 0 Å². The Kier molecular flexibility index (Phi) is 7.79. The molecule has 3 atom stereocenters. The van der Waals surface area contributed by atoms with Gasteiger partial charge in [-0.15, -0.1) is 11.3 Å². The molecule has 0 aliphatic carbocycles. The Labute approximate surface area is 239 Å². The van der Waals surface area contributed by atoms with Crippen molar-refractivity contribution in [1.29, 1.82) is 0 Å². The number of aliphatic imine (C=N–C) groups is 1. The summed E-state index contributed by atoms with van der Waals surface area (Å²) >= 11 is 1.29. The Balaban J connectivity index is 1.59. The van der Waals surface area contributed by atoms with Crippen molar-refractivity contribution < 1.29 is 33.0 Å². The molecule has 0 spiro atoms. The lowest BCUT2D eigenvalue weighted by Gasteiger charge is -2.42. The SMILES string of the molecule is COC(=O)C1=C(CN2CCN3C(=O)N(C(C)C)C[C@H]3[C@@H]2C(=O)O)NC(c2nccs2)=N[C@H]1c1ccc(F)c(F)c1C. The lowest BCUT2D eigenvalue weighted by molar-refractivity contribution is -0.147. The highest BCUT2D eigenvalue weighted by molar-refractivity contribution is 7.11. The van der Waals surface area contributed by atoms with E-state index in [1.54, 1.807) is 26.3 Å². The minimum absolute atomic E-state index is 0.0184. The maximum absolute atomic E-state index is 14.7. The summed E-state index contributed by atoms with van der Waals surface area (Å²) in [4.78, 5) is 52.8. The topological polar surface area (TPSA) is 128 Å². The van der Waals surface area contributed by atoms with Crippen molar-refractivity contribution in [3.05, 3.63) is 62.7 Å². The summed E-state index contributed by atoms with van der Waals surface area (Å²) in [6, 6.07) is -0.689. The van der Waals surface area contributed by atoms with Crippen molar-refractivity contribution in [1.82, 2.24) is 25.0 Å². The van der Waals surface area contributed by atoms with Gasteiger partial charge in [-0.2, -0.15) is 0 Å². The molecule has 2 fully saturated rings. The number of hydrogen-bond donors (Lipinski definition) is 2. The fraction of sp³-hybridized carbons (Fsp3) is 0.444. The van der Waals surface area contributed by atoms with Crippen LogP contribution in [-0.2, 0) is 14.3 Å². The van der Waals surface area contributed by atoms with Gasteiger partial charge in [0, 0.05) is 49.5 Å². The summed E-state index contributed by atoms with van der Waals surface area (Å²) < 4.78 is 33.8. The number of benzene rings is 1. The number of carbonyl (C=O) groups is 3. The van der Waals surface area contributed by atoms with E-state index in [0.717, 1.165) is 6.07 Å². The largest absolute Gasteiger partial charge is 0.480 e. The molecular weight excluding hydrogens is 558 g/mol. The van der Waals surface area contributed by atoms with Gasteiger partial charge in [0.05, 0.1) is 18.7 Å². The maximum atomic E-state index is 14.7. The molecule has 1 aromatic carbocycles. The van der Waals surface area contributed by atoms with Crippen molar-refractivity contribution in [2.45, 2.75) is 44.9 Å². The van der Waals surface area contributed by atoms with E-state index in [1.165, 1.54) is 31.4 Å². The molecule has 0 saturated carbocycles. The highest BCUT2D eigenvalue weighted by Gasteiger charge is 2.50. The van der Waals surface area contributed by atoms with Crippen LogP contribution in [0.4, 0.5) is 13.6 Å². The second-order valence-electron chi connectivity index (χ2n) is 10.3. The smallest absolute Gasteiger partial charge is 0.338 e. The van der Waals surface area contributed by atoms with Gasteiger partial charge in [0.25, 0.3) is 0 Å². The normalized spacial score (nSPS) is 23.0. The maximum Gasteiger partial charge on any atom is 0.338 e. The summed E-state index contributed by atoms with van der Waals surface area (Å²) in [7, 11) is 1.20. The Morgan fingerprint density at radius 1 is 1.27 bits per heavy atom. The number of thiazole rings is 1. The highest BCUT2D eigenvalue weighted by Crippen LogP contribution is 2.36. The summed E-state index contributed by atoms with van der Waals surface area (Å²) in [5.41, 5.74) is 0.580. The number of piperazine rings is 1. The summed E-state index contributed by atoms with van der Waals surface area (Å²) in [5.74, 6) is -3.64. The molecule has 0 radical (unpaired) electrons. The lowest BCUT2D eigenvalue weighted by atomic mass is 9.91. The number of ether oxygens (including phenoxy) is 1. The Morgan fingerprint density at radius 3 is 2.66 bits per heavy atom. The van der Waals surface area contributed by atoms with Crippen LogP contribution >= 0.6 is 11.3 Å². The van der Waals surface area contributed by atoms with Crippen LogP contribution < -0.4 is 5.32 Å². The number of methoxy groups -OCH3 is 1. The molecule has 1 aromatic heterocycles. The molecule has 218 valence electrons. The first-order valence-corrected chi connectivity index (χ1v) is 14.0. The van der Waals surface area contributed by atoms with E-state index in [9.17, 15) is 28.3 Å². The van der Waals surface area contributed by atoms with E-state index in [4.69, 9.17) is 4.74 Å². The van der Waals surface area contributed by atoms with E-state index in [1.807, 2.05) is 13.8 Å². The van der Waals surface area contributed by atoms with Crippen molar-refractivity contribution in [2.75, 3.05) is 33.3 Å². The molecule has 3 aliphatic rings. The first-order valence-electron chi connectivity index (χ1n) is 13.1. The number of halogens is 2. The average Bonchev–Trinajstić information content (AvgIpc) is 3.59. The van der Waals surface area contributed by atoms with Crippen LogP contribution in [0.5, 0.6) is 0 Å². The summed E-state index contributed by atoms with van der Waals surface area (Å²) in [6.07, 6.45) is 1.58. The molecule has 4 heterocycles. The predicted molar refractivity (Wildman–Crippen MR) is 145 cm³/mol. The van der Waals surface area contributed by atoms with Crippen molar-refractivity contribution in [3.63, 3.8) is 0 Å². The zero-order valence-electron chi connectivity index (χ0n) is 22.9. The van der Waals surface area contributed by atoms with Crippen LogP contribution in [0.15, 0.2) is 40.0 Å². The molecule has 0 unspecified atom stereocenters. The molecule has 0 bridgehead atoms. The molecule has 14 heteroatoms. The van der Waals surface area contributed by atoms with Crippen LogP contribution in [0.1, 0.15) is 36.0 Å². The van der Waals surface area contributed by atoms with Gasteiger partial charge >= 0.3 is 18.0 Å². The van der Waals surface area contributed by atoms with Gasteiger partial charge in [-0.05, 0) is 38.0 Å². The van der Waals surface area contributed by atoms with Crippen LogP contribution in [0, 0.1) is 18.6 Å². The van der Waals surface area contributed by atoms with Gasteiger partial charge in [0.15, 0.2) is 22.5 Å². The lowest BCUT2D eigenvalue weighted by Crippen LogP contribution is -2.62. The highest BCUT2D eigenvalue weighted by atomic mass is 32.1. The standard InChI is InChI=1S/C27H30F2N6O5S/c1-13(2)35-12-18-22(25(36)37)33(8-9-34(18)27(35)39)11-17-19(26(38)40-4)21(15-5-6-16(28)20(29)14(15)3)32-23(31-17)24-30-7-10-41-24/h5-7,10,13,18,21-22H,8-9,11-12H2,1-4H3,(H,31,32)(H,36,37)/t18-,21-,22+/m0/s1. The fourth-order valence-electron chi connectivity index (χ4n) is 5.68. The number of amidine groups is 1. The zero-order valence-corrected chi connectivity index (χ0v) is 23.7. The van der Waals surface area contributed by atoms with Crippen molar-refractivity contribution >= 4 is 35.1 Å². The number of nitrogens with zero attached hydrogens (tertiary/aromatic N) is 5. The van der Waals surface area contributed by atoms with Gasteiger partial charge in [-0.25, -0.2) is 23.4 Å². The van der Waals surface area contributed by atoms with E-state index in [-0.39, 0.29) is 48.4 Å². The molecule has 41 heavy (non-hydrogen) atoms. The van der Waals surface area contributed by atoms with Crippen LogP contribution in [0.3, 0.4) is 0 Å². The number of hydrogen-bond acceptors (Lipinski definition) is 9. The number of urea groups is 1. The molecule has 2 aromatic rings. The van der Waals surface area contributed by atoms with Gasteiger partial charge in [-0.1, -0.05) is 6.07 Å². The van der Waals surface area contributed by atoms with E-state index in [2.05, 4.69) is 15.3 Å². The number of esters is 1. The quantitative estimate of drug-likeness (QED) is 0.473. The monoisotopic (exact) mass is 588 g/mol. The van der Waals surface area contributed by atoms with Crippen LogP contribution in [-0.4, -0.2) is 100 Å². The summed E-state index contributed by atoms with van der Waals surface area (Å²) in [5, 5.41) is 15.7. The number of rotatable bonds is 7. The third kappa shape index (κ3) is 5.05. The minimum atomic E-state index is -1.10. The fourth-order valence-corrected chi connectivity index (χ4v) is 6.26. The van der Waals surface area contributed by atoms with Crippen LogP contribution in [0.25, 0.3) is 0 Å². The third-order valence-corrected chi connectivity index (χ3v) is 8.52. The number of carbonyl (C=O) groups excluding carboxylic acids is 2. The number of fused-ring (bicyclic) bond motifs is 1.